The first-order valence-electron chi connectivity index (χ1n) is 21.2. The van der Waals surface area contributed by atoms with Gasteiger partial charge in [0, 0.05) is 39.5 Å². The second-order valence-electron chi connectivity index (χ2n) is 16.9. The van der Waals surface area contributed by atoms with Crippen molar-refractivity contribution in [3.05, 3.63) is 192 Å². The number of para-hydroxylation sites is 2. The minimum atomic E-state index is -0.0103. The van der Waals surface area contributed by atoms with Crippen molar-refractivity contribution in [1.29, 1.82) is 0 Å². The molecule has 0 fully saturated rings. The van der Waals surface area contributed by atoms with E-state index in [2.05, 4.69) is 231 Å². The highest BCUT2D eigenvalue weighted by Crippen LogP contribution is 2.55. The molecule has 0 aliphatic heterocycles. The van der Waals surface area contributed by atoms with Gasteiger partial charge in [-0.3, -0.25) is 0 Å². The third kappa shape index (κ3) is 8.48. The van der Waals surface area contributed by atoms with E-state index in [4.69, 9.17) is 0 Å². The number of fused-ring (bicyclic) bond motifs is 3. The van der Waals surface area contributed by atoms with Gasteiger partial charge >= 0.3 is 0 Å². The molecule has 0 heterocycles. The van der Waals surface area contributed by atoms with Gasteiger partial charge < -0.3 is 19.6 Å². The Hall–Kier alpha value is -5.94. The van der Waals surface area contributed by atoms with Crippen molar-refractivity contribution in [3.8, 4) is 22.3 Å². The van der Waals surface area contributed by atoms with Crippen LogP contribution in [0, 0.1) is 13.8 Å². The van der Waals surface area contributed by atoms with E-state index < -0.39 is 0 Å². The summed E-state index contributed by atoms with van der Waals surface area (Å²) in [7, 11) is 8.78. The van der Waals surface area contributed by atoms with Crippen LogP contribution in [0.25, 0.3) is 22.3 Å². The summed E-state index contributed by atoms with van der Waals surface area (Å²) < 4.78 is 0. The lowest BCUT2D eigenvalue weighted by molar-refractivity contribution is 0.328. The Kier molecular flexibility index (Phi) is 11.8. The quantitative estimate of drug-likeness (QED) is 0.103. The van der Waals surface area contributed by atoms with E-state index in [1.54, 1.807) is 0 Å². The van der Waals surface area contributed by atoms with Gasteiger partial charge in [0.05, 0.1) is 0 Å². The van der Waals surface area contributed by atoms with Crippen molar-refractivity contribution >= 4 is 34.1 Å². The van der Waals surface area contributed by atoms with Crippen LogP contribution in [0.1, 0.15) is 47.9 Å². The van der Waals surface area contributed by atoms with Crippen LogP contribution in [-0.2, 0) is 5.41 Å². The van der Waals surface area contributed by atoms with Gasteiger partial charge in [0.1, 0.15) is 0 Å². The van der Waals surface area contributed by atoms with E-state index in [-0.39, 0.29) is 5.41 Å². The summed E-state index contributed by atoms with van der Waals surface area (Å²) >= 11 is 0. The Morgan fingerprint density at radius 3 is 1.22 bits per heavy atom. The van der Waals surface area contributed by atoms with Crippen LogP contribution in [-0.4, -0.2) is 51.1 Å². The summed E-state index contributed by atoms with van der Waals surface area (Å²) in [5.74, 6) is 0. The fourth-order valence-corrected chi connectivity index (χ4v) is 9.14. The molecule has 4 nitrogen and oxygen atoms in total. The number of aryl methyl sites for hydroxylation is 2. The molecule has 1 aliphatic rings. The Morgan fingerprint density at radius 1 is 0.373 bits per heavy atom. The highest BCUT2D eigenvalue weighted by Gasteiger charge is 2.42. The van der Waals surface area contributed by atoms with Crippen LogP contribution in [0.5, 0.6) is 0 Å². The van der Waals surface area contributed by atoms with E-state index in [0.29, 0.717) is 0 Å². The largest absolute Gasteiger partial charge is 0.311 e. The van der Waals surface area contributed by atoms with Crippen LogP contribution in [0.3, 0.4) is 0 Å². The second kappa shape index (κ2) is 17.5. The molecule has 298 valence electrons. The topological polar surface area (TPSA) is 13.0 Å². The third-order valence-electron chi connectivity index (χ3n) is 12.1. The zero-order chi connectivity index (χ0) is 40.9. The number of hydrogen-bond acceptors (Lipinski definition) is 4. The SMILES string of the molecule is Cc1ccc(N(c2ccc(-c3ccc4c(c3)C(CCCN(C)C)(CCCN(C)C)c3cc(C)ccc3-4)cc2)c2ccc(N(c3ccccc3)c3ccccc3)cc2)cc1. The van der Waals surface area contributed by atoms with Crippen molar-refractivity contribution in [2.24, 2.45) is 0 Å². The maximum absolute atomic E-state index is 2.53. The fraction of sp³-hybridized carbons (Fsp3) is 0.236. The molecule has 0 unspecified atom stereocenters. The van der Waals surface area contributed by atoms with E-state index in [1.165, 1.54) is 44.5 Å². The summed E-state index contributed by atoms with van der Waals surface area (Å²) in [5, 5.41) is 0. The summed E-state index contributed by atoms with van der Waals surface area (Å²) in [6, 6.07) is 62.6. The molecule has 59 heavy (non-hydrogen) atoms. The van der Waals surface area contributed by atoms with Crippen LogP contribution < -0.4 is 9.80 Å². The number of benzene rings is 7. The summed E-state index contributed by atoms with van der Waals surface area (Å²) in [6.45, 7) is 6.57. The number of nitrogens with zero attached hydrogens (tertiary/aromatic N) is 4. The maximum atomic E-state index is 2.53. The van der Waals surface area contributed by atoms with Crippen LogP contribution in [0.15, 0.2) is 170 Å². The van der Waals surface area contributed by atoms with Crippen molar-refractivity contribution in [2.45, 2.75) is 44.9 Å². The van der Waals surface area contributed by atoms with Gasteiger partial charge in [-0.15, -0.1) is 0 Å². The molecule has 7 aromatic carbocycles. The van der Waals surface area contributed by atoms with E-state index in [1.807, 2.05) is 0 Å². The average Bonchev–Trinajstić information content (AvgIpc) is 3.50. The van der Waals surface area contributed by atoms with Gasteiger partial charge in [-0.2, -0.15) is 0 Å². The first kappa shape index (κ1) is 39.9. The zero-order valence-corrected chi connectivity index (χ0v) is 35.7. The van der Waals surface area contributed by atoms with Gasteiger partial charge in [-0.05, 0) is 193 Å². The molecule has 0 radical (unpaired) electrons. The molecule has 0 aromatic heterocycles. The predicted molar refractivity (Wildman–Crippen MR) is 253 cm³/mol. The standard InChI is InChI=1S/C55H58N4/c1-41-19-25-47(26-20-41)59(50-31-29-49(30-32-50)58(45-15-9-7-10-16-45)46-17-11-8-12-18-46)48-27-22-43(23-28-48)44-24-34-52-51-33-21-42(2)39-53(51)55(54(52)40-44,35-13-37-56(3)4)36-14-38-57(5)6/h7-12,15-34,39-40H,13-14,35-38H2,1-6H3. The Bertz CT molecular complexity index is 2400. The lowest BCUT2D eigenvalue weighted by Crippen LogP contribution is -2.29. The highest BCUT2D eigenvalue weighted by molar-refractivity contribution is 5.86. The average molecular weight is 775 g/mol. The normalized spacial score (nSPS) is 12.7. The fourth-order valence-electron chi connectivity index (χ4n) is 9.14. The molecule has 7 aromatic rings. The lowest BCUT2D eigenvalue weighted by atomic mass is 9.70. The van der Waals surface area contributed by atoms with E-state index in [9.17, 15) is 0 Å². The zero-order valence-electron chi connectivity index (χ0n) is 35.7. The first-order chi connectivity index (χ1) is 28.7. The van der Waals surface area contributed by atoms with Gasteiger partial charge in [-0.1, -0.05) is 102 Å². The molecule has 8 rings (SSSR count). The number of rotatable bonds is 15. The van der Waals surface area contributed by atoms with Crippen molar-refractivity contribution in [1.82, 2.24) is 9.80 Å². The molecule has 1 aliphatic carbocycles. The highest BCUT2D eigenvalue weighted by atomic mass is 15.2. The maximum Gasteiger partial charge on any atom is 0.0463 e. The molecule has 0 spiro atoms. The molecule has 0 saturated carbocycles. The van der Waals surface area contributed by atoms with E-state index >= 15 is 0 Å². The molecule has 0 N–H and O–H groups in total. The van der Waals surface area contributed by atoms with Crippen LogP contribution in [0.2, 0.25) is 0 Å². The minimum Gasteiger partial charge on any atom is -0.311 e. The third-order valence-corrected chi connectivity index (χ3v) is 12.1. The Balaban J connectivity index is 1.15. The Labute approximate surface area is 353 Å². The Morgan fingerprint density at radius 2 is 0.746 bits per heavy atom. The van der Waals surface area contributed by atoms with Crippen molar-refractivity contribution in [3.63, 3.8) is 0 Å². The van der Waals surface area contributed by atoms with Crippen LogP contribution >= 0.6 is 0 Å². The monoisotopic (exact) mass is 774 g/mol. The van der Waals surface area contributed by atoms with E-state index in [0.717, 1.165) is 72.9 Å². The van der Waals surface area contributed by atoms with Gasteiger partial charge in [0.15, 0.2) is 0 Å². The van der Waals surface area contributed by atoms with Gasteiger partial charge in [-0.25, -0.2) is 0 Å². The predicted octanol–water partition coefficient (Wildman–Crippen LogP) is 13.9. The van der Waals surface area contributed by atoms with Gasteiger partial charge in [0.2, 0.25) is 0 Å². The smallest absolute Gasteiger partial charge is 0.0463 e. The molecule has 0 amide bonds. The molecule has 0 bridgehead atoms. The number of anilines is 6. The molecular formula is C55H58N4. The number of hydrogen-bond donors (Lipinski definition) is 0. The van der Waals surface area contributed by atoms with Crippen LogP contribution in [0.4, 0.5) is 34.1 Å². The van der Waals surface area contributed by atoms with Crippen molar-refractivity contribution in [2.75, 3.05) is 51.1 Å². The minimum absolute atomic E-state index is 0.0103. The molecule has 0 saturated heterocycles. The molecule has 4 heteroatoms. The first-order valence-corrected chi connectivity index (χ1v) is 21.2. The summed E-state index contributed by atoms with van der Waals surface area (Å²) in [4.78, 5) is 9.34. The lowest BCUT2D eigenvalue weighted by Gasteiger charge is -2.34. The molecule has 0 atom stereocenters. The van der Waals surface area contributed by atoms with Crippen molar-refractivity contribution < 1.29 is 0 Å². The van der Waals surface area contributed by atoms with Gasteiger partial charge in [0.25, 0.3) is 0 Å². The molecular weight excluding hydrogens is 717 g/mol. The summed E-state index contributed by atoms with van der Waals surface area (Å²) in [6.07, 6.45) is 4.60. The second-order valence-corrected chi connectivity index (χ2v) is 16.9. The summed E-state index contributed by atoms with van der Waals surface area (Å²) in [5.41, 5.74) is 17.7.